The van der Waals surface area contributed by atoms with Gasteiger partial charge in [-0.1, -0.05) is 23.7 Å². The molecule has 110 valence electrons. The third kappa shape index (κ3) is 3.85. The summed E-state index contributed by atoms with van der Waals surface area (Å²) in [5.41, 5.74) is -0.0668. The Morgan fingerprint density at radius 1 is 1.24 bits per heavy atom. The van der Waals surface area contributed by atoms with Crippen LogP contribution in [0, 0.1) is 0 Å². The van der Waals surface area contributed by atoms with E-state index in [0.29, 0.717) is 0 Å². The fraction of sp³-hybridized carbons (Fsp3) is 0.0769. The van der Waals surface area contributed by atoms with Crippen LogP contribution in [0.5, 0.6) is 5.75 Å². The number of alkyl halides is 3. The van der Waals surface area contributed by atoms with E-state index in [2.05, 4.69) is 9.72 Å². The highest BCUT2D eigenvalue weighted by atomic mass is 35.5. The number of carboxylic acid groups (broad SMARTS) is 1. The van der Waals surface area contributed by atoms with Crippen LogP contribution in [0.15, 0.2) is 36.4 Å². The first kappa shape index (κ1) is 15.1. The second-order valence-electron chi connectivity index (χ2n) is 3.91. The first-order chi connectivity index (χ1) is 9.76. The van der Waals surface area contributed by atoms with Crippen molar-refractivity contribution in [1.29, 1.82) is 0 Å². The molecule has 4 nitrogen and oxygen atoms in total. The van der Waals surface area contributed by atoms with Gasteiger partial charge < -0.3 is 9.84 Å². The lowest BCUT2D eigenvalue weighted by molar-refractivity contribution is -0.274. The van der Waals surface area contributed by atoms with Crippen molar-refractivity contribution in [3.8, 4) is 17.0 Å². The minimum Gasteiger partial charge on any atom is -0.478 e. The average Bonchev–Trinajstić information content (AvgIpc) is 2.36. The molecule has 1 N–H and O–H groups in total. The van der Waals surface area contributed by atoms with Gasteiger partial charge in [0.05, 0.1) is 11.3 Å². The molecule has 2 aromatic rings. The maximum absolute atomic E-state index is 12.2. The molecule has 0 aliphatic rings. The molecule has 0 bridgehead atoms. The number of hydrogen-bond donors (Lipinski definition) is 1. The normalized spacial score (nSPS) is 11.2. The van der Waals surface area contributed by atoms with E-state index in [1.165, 1.54) is 24.3 Å². The topological polar surface area (TPSA) is 59.4 Å². The quantitative estimate of drug-likeness (QED) is 0.869. The molecule has 0 aliphatic carbocycles. The Morgan fingerprint density at radius 2 is 1.95 bits per heavy atom. The van der Waals surface area contributed by atoms with Gasteiger partial charge in [-0.2, -0.15) is 0 Å². The van der Waals surface area contributed by atoms with Crippen molar-refractivity contribution in [1.82, 2.24) is 4.98 Å². The van der Waals surface area contributed by atoms with Crippen molar-refractivity contribution in [3.63, 3.8) is 0 Å². The third-order valence-electron chi connectivity index (χ3n) is 2.43. The fourth-order valence-corrected chi connectivity index (χ4v) is 1.82. The summed E-state index contributed by atoms with van der Waals surface area (Å²) >= 11 is 5.70. The zero-order valence-electron chi connectivity index (χ0n) is 10.2. The molecule has 1 aromatic heterocycles. The molecule has 8 heteroatoms. The largest absolute Gasteiger partial charge is 0.573 e. The molecule has 0 radical (unpaired) electrons. The van der Waals surface area contributed by atoms with Crippen molar-refractivity contribution in [2.75, 3.05) is 0 Å². The lowest BCUT2D eigenvalue weighted by Crippen LogP contribution is -2.17. The SMILES string of the molecule is O=C(O)c1ccc(Cl)nc1-c1cccc(OC(F)(F)F)c1. The molecule has 2 rings (SSSR count). The van der Waals surface area contributed by atoms with Gasteiger partial charge in [0.25, 0.3) is 0 Å². The number of aromatic nitrogens is 1. The first-order valence-corrected chi connectivity index (χ1v) is 5.90. The van der Waals surface area contributed by atoms with Crippen LogP contribution in [-0.4, -0.2) is 22.4 Å². The molecule has 0 aliphatic heterocycles. The molecule has 0 saturated heterocycles. The molecule has 1 heterocycles. The smallest absolute Gasteiger partial charge is 0.478 e. The molecule has 1 aromatic carbocycles. The molecular weight excluding hydrogens is 311 g/mol. The summed E-state index contributed by atoms with van der Waals surface area (Å²) in [6.45, 7) is 0. The van der Waals surface area contributed by atoms with Crippen LogP contribution in [0.2, 0.25) is 5.15 Å². The third-order valence-corrected chi connectivity index (χ3v) is 2.64. The molecule has 0 spiro atoms. The van der Waals surface area contributed by atoms with E-state index in [1.807, 2.05) is 0 Å². The monoisotopic (exact) mass is 317 g/mol. The maximum atomic E-state index is 12.2. The molecular formula is C13H7ClF3NO3. The number of carbonyl (C=O) groups is 1. The van der Waals surface area contributed by atoms with E-state index in [1.54, 1.807) is 0 Å². The van der Waals surface area contributed by atoms with Crippen LogP contribution in [-0.2, 0) is 0 Å². The molecule has 0 unspecified atom stereocenters. The number of ether oxygens (including phenoxy) is 1. The summed E-state index contributed by atoms with van der Waals surface area (Å²) in [7, 11) is 0. The van der Waals surface area contributed by atoms with Crippen LogP contribution >= 0.6 is 11.6 Å². The van der Waals surface area contributed by atoms with Crippen LogP contribution in [0.1, 0.15) is 10.4 Å². The van der Waals surface area contributed by atoms with E-state index in [4.69, 9.17) is 16.7 Å². The summed E-state index contributed by atoms with van der Waals surface area (Å²) in [4.78, 5) is 15.0. The Labute approximate surface area is 121 Å². The highest BCUT2D eigenvalue weighted by Gasteiger charge is 2.31. The van der Waals surface area contributed by atoms with Crippen molar-refractivity contribution in [3.05, 3.63) is 47.1 Å². The van der Waals surface area contributed by atoms with Crippen molar-refractivity contribution in [2.24, 2.45) is 0 Å². The lowest BCUT2D eigenvalue weighted by atomic mass is 10.1. The van der Waals surface area contributed by atoms with E-state index in [-0.39, 0.29) is 22.0 Å². The highest BCUT2D eigenvalue weighted by molar-refractivity contribution is 6.29. The predicted octanol–water partition coefficient (Wildman–Crippen LogP) is 4.00. The van der Waals surface area contributed by atoms with Gasteiger partial charge in [-0.3, -0.25) is 0 Å². The minimum atomic E-state index is -4.84. The summed E-state index contributed by atoms with van der Waals surface area (Å²) in [5, 5.41) is 9.10. The van der Waals surface area contributed by atoms with Crippen LogP contribution in [0.3, 0.4) is 0 Å². The second kappa shape index (κ2) is 5.61. The minimum absolute atomic E-state index is 0.0251. The van der Waals surface area contributed by atoms with Crippen molar-refractivity contribution < 1.29 is 27.8 Å². The van der Waals surface area contributed by atoms with Gasteiger partial charge in [-0.05, 0) is 24.3 Å². The Bertz CT molecular complexity index is 689. The zero-order valence-corrected chi connectivity index (χ0v) is 10.9. The second-order valence-corrected chi connectivity index (χ2v) is 4.30. The molecule has 0 fully saturated rings. The molecule has 0 saturated carbocycles. The van der Waals surface area contributed by atoms with E-state index in [9.17, 15) is 18.0 Å². The van der Waals surface area contributed by atoms with E-state index < -0.39 is 18.1 Å². The Hall–Kier alpha value is -2.28. The van der Waals surface area contributed by atoms with Crippen LogP contribution in [0.25, 0.3) is 11.3 Å². The van der Waals surface area contributed by atoms with Crippen LogP contribution < -0.4 is 4.74 Å². The van der Waals surface area contributed by atoms with Gasteiger partial charge in [-0.25, -0.2) is 9.78 Å². The van der Waals surface area contributed by atoms with Gasteiger partial charge in [-0.15, -0.1) is 13.2 Å². The van der Waals surface area contributed by atoms with Gasteiger partial charge >= 0.3 is 12.3 Å². The number of aromatic carboxylic acids is 1. The summed E-state index contributed by atoms with van der Waals surface area (Å²) in [6.07, 6.45) is -4.84. The molecule has 0 atom stereocenters. The number of halogens is 4. The fourth-order valence-electron chi connectivity index (χ4n) is 1.67. The van der Waals surface area contributed by atoms with E-state index in [0.717, 1.165) is 12.1 Å². The predicted molar refractivity (Wildman–Crippen MR) is 68.3 cm³/mol. The number of hydrogen-bond acceptors (Lipinski definition) is 3. The summed E-state index contributed by atoms with van der Waals surface area (Å²) in [6, 6.07) is 7.36. The number of nitrogens with zero attached hydrogens (tertiary/aromatic N) is 1. The van der Waals surface area contributed by atoms with Gasteiger partial charge in [0.1, 0.15) is 10.9 Å². The Balaban J connectivity index is 2.50. The zero-order chi connectivity index (χ0) is 15.6. The van der Waals surface area contributed by atoms with Crippen molar-refractivity contribution in [2.45, 2.75) is 6.36 Å². The van der Waals surface area contributed by atoms with Gasteiger partial charge in [0, 0.05) is 5.56 Å². The maximum Gasteiger partial charge on any atom is 0.573 e. The number of benzene rings is 1. The summed E-state index contributed by atoms with van der Waals surface area (Å²) < 4.78 is 40.4. The van der Waals surface area contributed by atoms with Crippen LogP contribution in [0.4, 0.5) is 13.2 Å². The average molecular weight is 318 g/mol. The number of carboxylic acids is 1. The number of pyridine rings is 1. The standard InChI is InChI=1S/C13H7ClF3NO3/c14-10-5-4-9(12(19)20)11(18-10)7-2-1-3-8(6-7)21-13(15,16)17/h1-6H,(H,19,20). The Morgan fingerprint density at radius 3 is 2.57 bits per heavy atom. The van der Waals surface area contributed by atoms with Gasteiger partial charge in [0.15, 0.2) is 0 Å². The van der Waals surface area contributed by atoms with Gasteiger partial charge in [0.2, 0.25) is 0 Å². The molecule has 21 heavy (non-hydrogen) atoms. The molecule has 0 amide bonds. The van der Waals surface area contributed by atoms with Crippen molar-refractivity contribution >= 4 is 17.6 Å². The number of rotatable bonds is 3. The summed E-state index contributed by atoms with van der Waals surface area (Å²) in [5.74, 6) is -1.74. The first-order valence-electron chi connectivity index (χ1n) is 5.52. The lowest BCUT2D eigenvalue weighted by Gasteiger charge is -2.11. The van der Waals surface area contributed by atoms with E-state index >= 15 is 0 Å². The highest BCUT2D eigenvalue weighted by Crippen LogP contribution is 2.29. The Kier molecular flexibility index (Phi) is 4.04.